The number of hydrogen-bond acceptors (Lipinski definition) is 5. The van der Waals surface area contributed by atoms with Crippen molar-refractivity contribution in [3.05, 3.63) is 0 Å². The van der Waals surface area contributed by atoms with Gasteiger partial charge in [0.1, 0.15) is 0 Å². The van der Waals surface area contributed by atoms with E-state index in [0.717, 1.165) is 25.9 Å². The van der Waals surface area contributed by atoms with Crippen LogP contribution in [0.5, 0.6) is 0 Å². The Morgan fingerprint density at radius 3 is 2.26 bits per heavy atom. The maximum Gasteiger partial charge on any atom is 0.347 e. The van der Waals surface area contributed by atoms with Gasteiger partial charge in [-0.25, -0.2) is 4.79 Å². The normalized spacial score (nSPS) is 19.8. The van der Waals surface area contributed by atoms with Crippen LogP contribution >= 0.6 is 0 Å². The first-order valence-corrected chi connectivity index (χ1v) is 7.02. The van der Waals surface area contributed by atoms with E-state index in [4.69, 9.17) is 9.47 Å². The zero-order valence-corrected chi connectivity index (χ0v) is 12.3. The molecule has 0 amide bonds. The van der Waals surface area contributed by atoms with Crippen LogP contribution in [-0.2, 0) is 19.1 Å². The molecule has 0 spiro atoms. The van der Waals surface area contributed by atoms with Gasteiger partial charge >= 0.3 is 11.9 Å². The Kier molecular flexibility index (Phi) is 5.79. The molecular formula is C14H25NO4. The summed E-state index contributed by atoms with van der Waals surface area (Å²) in [6.07, 6.45) is 0.663. The van der Waals surface area contributed by atoms with Crippen molar-refractivity contribution >= 4 is 11.9 Å². The molecule has 0 aromatic heterocycles. The van der Waals surface area contributed by atoms with Gasteiger partial charge in [0.25, 0.3) is 0 Å². The van der Waals surface area contributed by atoms with Gasteiger partial charge in [0.2, 0.25) is 0 Å². The molecule has 1 N–H and O–H groups in total. The fraction of sp³-hybridized carbons (Fsp3) is 0.857. The minimum absolute atomic E-state index is 0.191. The van der Waals surface area contributed by atoms with Gasteiger partial charge in [0.05, 0.1) is 12.0 Å². The molecule has 1 aliphatic heterocycles. The number of carbonyl (C=O) groups excluding carboxylic acids is 2. The molecule has 1 unspecified atom stereocenters. The smallest absolute Gasteiger partial charge is 0.347 e. The summed E-state index contributed by atoms with van der Waals surface area (Å²) in [5.41, 5.74) is -0.480. The van der Waals surface area contributed by atoms with Crippen LogP contribution < -0.4 is 5.32 Å². The Morgan fingerprint density at radius 1 is 1.21 bits per heavy atom. The Morgan fingerprint density at radius 2 is 1.79 bits per heavy atom. The quantitative estimate of drug-likeness (QED) is 0.768. The Balaban J connectivity index is 2.70. The molecule has 5 nitrogen and oxygen atoms in total. The number of ether oxygens (including phenoxy) is 2. The topological polar surface area (TPSA) is 64.6 Å². The van der Waals surface area contributed by atoms with Crippen molar-refractivity contribution in [2.24, 2.45) is 11.3 Å². The highest BCUT2D eigenvalue weighted by atomic mass is 16.6. The molecule has 1 saturated heterocycles. The predicted octanol–water partition coefficient (Wildman–Crippen LogP) is 1.51. The standard InChI is InChI=1S/C14H25NO4/c1-5-18-12(16)11(4)19-13(17)14(10(2)3)6-8-15-9-7-14/h10-11,15H,5-9H2,1-4H3. The van der Waals surface area contributed by atoms with Crippen molar-refractivity contribution in [1.82, 2.24) is 5.32 Å². The van der Waals surface area contributed by atoms with E-state index in [2.05, 4.69) is 5.32 Å². The van der Waals surface area contributed by atoms with Gasteiger partial charge in [-0.05, 0) is 45.7 Å². The van der Waals surface area contributed by atoms with Crippen LogP contribution in [0.4, 0.5) is 0 Å². The zero-order chi connectivity index (χ0) is 14.5. The second kappa shape index (κ2) is 6.89. The number of rotatable bonds is 5. The molecular weight excluding hydrogens is 246 g/mol. The highest BCUT2D eigenvalue weighted by Gasteiger charge is 2.44. The third-order valence-corrected chi connectivity index (χ3v) is 3.91. The highest BCUT2D eigenvalue weighted by molar-refractivity contribution is 5.82. The van der Waals surface area contributed by atoms with Gasteiger partial charge in [0, 0.05) is 0 Å². The molecule has 0 aliphatic carbocycles. The first kappa shape index (κ1) is 16.0. The maximum absolute atomic E-state index is 12.4. The highest BCUT2D eigenvalue weighted by Crippen LogP contribution is 2.38. The summed E-state index contributed by atoms with van der Waals surface area (Å²) in [4.78, 5) is 23.9. The second-order valence-corrected chi connectivity index (χ2v) is 5.36. The largest absolute Gasteiger partial charge is 0.463 e. The molecule has 1 aliphatic rings. The monoisotopic (exact) mass is 271 g/mol. The fourth-order valence-electron chi connectivity index (χ4n) is 2.48. The molecule has 0 radical (unpaired) electrons. The lowest BCUT2D eigenvalue weighted by Crippen LogP contribution is -2.47. The van der Waals surface area contributed by atoms with E-state index < -0.39 is 17.5 Å². The summed E-state index contributed by atoms with van der Waals surface area (Å²) in [6, 6.07) is 0. The van der Waals surface area contributed by atoms with E-state index in [1.807, 2.05) is 13.8 Å². The predicted molar refractivity (Wildman–Crippen MR) is 71.6 cm³/mol. The van der Waals surface area contributed by atoms with Crippen LogP contribution in [0.25, 0.3) is 0 Å². The molecule has 0 aromatic rings. The summed E-state index contributed by atoms with van der Waals surface area (Å²) in [5, 5.41) is 3.25. The Labute approximate surface area is 115 Å². The summed E-state index contributed by atoms with van der Waals surface area (Å²) >= 11 is 0. The van der Waals surface area contributed by atoms with Gasteiger partial charge in [-0.2, -0.15) is 0 Å². The fourth-order valence-corrected chi connectivity index (χ4v) is 2.48. The Bertz CT molecular complexity index is 321. The van der Waals surface area contributed by atoms with Gasteiger partial charge in [-0.3, -0.25) is 4.79 Å². The van der Waals surface area contributed by atoms with Gasteiger partial charge in [0.15, 0.2) is 6.10 Å². The van der Waals surface area contributed by atoms with Gasteiger partial charge in [-0.15, -0.1) is 0 Å². The van der Waals surface area contributed by atoms with Crippen molar-refractivity contribution in [2.45, 2.75) is 46.6 Å². The number of carbonyl (C=O) groups is 2. The summed E-state index contributed by atoms with van der Waals surface area (Å²) in [5.74, 6) is -0.565. The Hall–Kier alpha value is -1.10. The van der Waals surface area contributed by atoms with E-state index in [1.165, 1.54) is 0 Å². The van der Waals surface area contributed by atoms with E-state index >= 15 is 0 Å². The molecule has 0 saturated carbocycles. The van der Waals surface area contributed by atoms with Crippen LogP contribution in [0.3, 0.4) is 0 Å². The molecule has 19 heavy (non-hydrogen) atoms. The number of piperidine rings is 1. The lowest BCUT2D eigenvalue weighted by atomic mass is 9.70. The molecule has 0 bridgehead atoms. The molecule has 1 rings (SSSR count). The molecule has 1 fully saturated rings. The number of hydrogen-bond donors (Lipinski definition) is 1. The minimum atomic E-state index is -0.835. The molecule has 1 atom stereocenters. The SMILES string of the molecule is CCOC(=O)C(C)OC(=O)C1(C(C)C)CCNCC1. The maximum atomic E-state index is 12.4. The first-order valence-electron chi connectivity index (χ1n) is 7.02. The minimum Gasteiger partial charge on any atom is -0.463 e. The molecule has 110 valence electrons. The van der Waals surface area contributed by atoms with Crippen LogP contribution in [0.1, 0.15) is 40.5 Å². The average Bonchev–Trinajstić information content (AvgIpc) is 2.39. The zero-order valence-electron chi connectivity index (χ0n) is 12.3. The van der Waals surface area contributed by atoms with Crippen LogP contribution in [0.15, 0.2) is 0 Å². The van der Waals surface area contributed by atoms with Crippen molar-refractivity contribution in [2.75, 3.05) is 19.7 Å². The van der Waals surface area contributed by atoms with Gasteiger partial charge < -0.3 is 14.8 Å². The van der Waals surface area contributed by atoms with Crippen molar-refractivity contribution in [3.8, 4) is 0 Å². The molecule has 1 heterocycles. The van der Waals surface area contributed by atoms with Gasteiger partial charge in [-0.1, -0.05) is 13.8 Å². The van der Waals surface area contributed by atoms with Crippen molar-refractivity contribution in [3.63, 3.8) is 0 Å². The van der Waals surface area contributed by atoms with Crippen molar-refractivity contribution < 1.29 is 19.1 Å². The van der Waals surface area contributed by atoms with Crippen LogP contribution in [0.2, 0.25) is 0 Å². The summed E-state index contributed by atoms with van der Waals surface area (Å²) in [7, 11) is 0. The number of esters is 2. The summed E-state index contributed by atoms with van der Waals surface area (Å²) < 4.78 is 10.2. The van der Waals surface area contributed by atoms with E-state index in [9.17, 15) is 9.59 Å². The lowest BCUT2D eigenvalue weighted by molar-refractivity contribution is -0.176. The third-order valence-electron chi connectivity index (χ3n) is 3.91. The van der Waals surface area contributed by atoms with Crippen LogP contribution in [0, 0.1) is 11.3 Å². The van der Waals surface area contributed by atoms with Crippen LogP contribution in [-0.4, -0.2) is 37.7 Å². The summed E-state index contributed by atoms with van der Waals surface area (Å²) in [6.45, 7) is 9.26. The lowest BCUT2D eigenvalue weighted by Gasteiger charge is -2.39. The van der Waals surface area contributed by atoms with E-state index in [1.54, 1.807) is 13.8 Å². The third kappa shape index (κ3) is 3.69. The first-order chi connectivity index (χ1) is 8.94. The van der Waals surface area contributed by atoms with E-state index in [0.29, 0.717) is 6.61 Å². The number of nitrogens with one attached hydrogen (secondary N) is 1. The molecule has 0 aromatic carbocycles. The van der Waals surface area contributed by atoms with E-state index in [-0.39, 0.29) is 11.9 Å². The second-order valence-electron chi connectivity index (χ2n) is 5.36. The average molecular weight is 271 g/mol. The molecule has 5 heteroatoms. The van der Waals surface area contributed by atoms with Crippen molar-refractivity contribution in [1.29, 1.82) is 0 Å².